The van der Waals surface area contributed by atoms with Crippen molar-refractivity contribution >= 4 is 5.76 Å². The zero-order valence-electron chi connectivity index (χ0n) is 8.80. The monoisotopic (exact) mass is 195 g/mol. The lowest BCUT2D eigenvalue weighted by atomic mass is 10.4. The Kier molecular flexibility index (Phi) is 4.26. The summed E-state index contributed by atoms with van der Waals surface area (Å²) in [4.78, 5) is 0. The predicted molar refractivity (Wildman–Crippen MR) is 56.7 cm³/mol. The Morgan fingerprint density at radius 3 is 2.93 bits per heavy atom. The highest BCUT2D eigenvalue weighted by Gasteiger charge is 2.05. The highest BCUT2D eigenvalue weighted by molar-refractivity contribution is 5.51. The number of furan rings is 1. The average Bonchev–Trinajstić information content (AvgIpc) is 2.63. The molecule has 0 fully saturated rings. The molecule has 1 N–H and O–H groups in total. The van der Waals surface area contributed by atoms with Crippen molar-refractivity contribution in [1.82, 2.24) is 5.32 Å². The van der Waals surface area contributed by atoms with Crippen LogP contribution >= 0.6 is 0 Å². The minimum Gasteiger partial charge on any atom is -0.491 e. The Morgan fingerprint density at radius 2 is 2.29 bits per heavy atom. The third kappa shape index (κ3) is 2.92. The van der Waals surface area contributed by atoms with Crippen LogP contribution in [0.4, 0.5) is 0 Å². The summed E-state index contributed by atoms with van der Waals surface area (Å²) in [5.74, 6) is 2.21. The van der Waals surface area contributed by atoms with Crippen molar-refractivity contribution in [2.45, 2.75) is 20.4 Å². The molecule has 0 spiro atoms. The summed E-state index contributed by atoms with van der Waals surface area (Å²) < 4.78 is 10.8. The van der Waals surface area contributed by atoms with E-state index >= 15 is 0 Å². The van der Waals surface area contributed by atoms with Gasteiger partial charge in [0.1, 0.15) is 5.76 Å². The van der Waals surface area contributed by atoms with E-state index in [0.29, 0.717) is 18.1 Å². The third-order valence-corrected chi connectivity index (χ3v) is 1.80. The van der Waals surface area contributed by atoms with Gasteiger partial charge in [0, 0.05) is 0 Å². The topological polar surface area (TPSA) is 34.4 Å². The molecule has 0 aliphatic rings. The van der Waals surface area contributed by atoms with Gasteiger partial charge in [-0.1, -0.05) is 13.5 Å². The van der Waals surface area contributed by atoms with Gasteiger partial charge in [0.25, 0.3) is 0 Å². The minimum absolute atomic E-state index is 0.593. The van der Waals surface area contributed by atoms with E-state index in [9.17, 15) is 0 Å². The fourth-order valence-electron chi connectivity index (χ4n) is 1.12. The van der Waals surface area contributed by atoms with Crippen LogP contribution in [0.1, 0.15) is 25.4 Å². The summed E-state index contributed by atoms with van der Waals surface area (Å²) in [7, 11) is 0. The van der Waals surface area contributed by atoms with Crippen LogP contribution in [0.5, 0.6) is 0 Å². The molecule has 3 heteroatoms. The minimum atomic E-state index is 0.593. The van der Waals surface area contributed by atoms with Gasteiger partial charge in [-0.15, -0.1) is 0 Å². The molecule has 0 aliphatic carbocycles. The molecule has 1 aromatic rings. The molecular formula is C11H17NO2. The molecule has 0 unspecified atom stereocenters. The predicted octanol–water partition coefficient (Wildman–Crippen LogP) is 2.40. The maximum absolute atomic E-state index is 5.51. The Labute approximate surface area is 84.8 Å². The van der Waals surface area contributed by atoms with E-state index in [1.165, 1.54) is 0 Å². The van der Waals surface area contributed by atoms with Crippen LogP contribution in [0.2, 0.25) is 0 Å². The quantitative estimate of drug-likeness (QED) is 0.708. The van der Waals surface area contributed by atoms with Crippen molar-refractivity contribution < 1.29 is 9.15 Å². The molecule has 0 saturated heterocycles. The first-order valence-corrected chi connectivity index (χ1v) is 4.89. The molecule has 0 saturated carbocycles. The first kappa shape index (κ1) is 10.9. The Hall–Kier alpha value is -1.22. The molecule has 14 heavy (non-hydrogen) atoms. The number of hydrogen-bond donors (Lipinski definition) is 1. The molecule has 0 aliphatic heterocycles. The van der Waals surface area contributed by atoms with Crippen molar-refractivity contribution in [3.63, 3.8) is 0 Å². The summed E-state index contributed by atoms with van der Waals surface area (Å²) >= 11 is 0. The van der Waals surface area contributed by atoms with E-state index in [-0.39, 0.29) is 0 Å². The highest BCUT2D eigenvalue weighted by atomic mass is 16.5. The maximum Gasteiger partial charge on any atom is 0.168 e. The van der Waals surface area contributed by atoms with Gasteiger partial charge >= 0.3 is 0 Å². The zero-order chi connectivity index (χ0) is 10.4. The van der Waals surface area contributed by atoms with Crippen molar-refractivity contribution in [2.75, 3.05) is 13.2 Å². The molecule has 1 rings (SSSR count). The molecule has 1 heterocycles. The summed E-state index contributed by atoms with van der Waals surface area (Å²) in [6.07, 6.45) is 0. The fourth-order valence-corrected chi connectivity index (χ4v) is 1.12. The van der Waals surface area contributed by atoms with Gasteiger partial charge in [-0.05, 0) is 25.6 Å². The van der Waals surface area contributed by atoms with Gasteiger partial charge in [-0.25, -0.2) is 0 Å². The second-order valence-corrected chi connectivity index (χ2v) is 2.90. The second-order valence-electron chi connectivity index (χ2n) is 2.90. The van der Waals surface area contributed by atoms with E-state index in [0.717, 1.165) is 18.8 Å². The van der Waals surface area contributed by atoms with Crippen LogP contribution in [0, 0.1) is 0 Å². The molecule has 0 amide bonds. The van der Waals surface area contributed by atoms with E-state index in [1.807, 2.05) is 19.1 Å². The largest absolute Gasteiger partial charge is 0.491 e. The van der Waals surface area contributed by atoms with Crippen molar-refractivity contribution in [2.24, 2.45) is 0 Å². The van der Waals surface area contributed by atoms with Crippen LogP contribution in [0.3, 0.4) is 0 Å². The number of hydrogen-bond acceptors (Lipinski definition) is 3. The van der Waals surface area contributed by atoms with Gasteiger partial charge in [-0.3, -0.25) is 0 Å². The summed E-state index contributed by atoms with van der Waals surface area (Å²) in [5, 5.41) is 3.18. The smallest absolute Gasteiger partial charge is 0.168 e. The lowest BCUT2D eigenvalue weighted by Crippen LogP contribution is -2.10. The van der Waals surface area contributed by atoms with Crippen LogP contribution in [-0.4, -0.2) is 13.2 Å². The molecule has 78 valence electrons. The van der Waals surface area contributed by atoms with Gasteiger partial charge < -0.3 is 14.5 Å². The number of nitrogens with one attached hydrogen (secondary N) is 1. The van der Waals surface area contributed by atoms with Gasteiger partial charge in [0.2, 0.25) is 0 Å². The fraction of sp³-hybridized carbons (Fsp3) is 0.455. The normalized spacial score (nSPS) is 10.1. The van der Waals surface area contributed by atoms with Crippen LogP contribution in [0.25, 0.3) is 5.76 Å². The zero-order valence-corrected chi connectivity index (χ0v) is 8.80. The third-order valence-electron chi connectivity index (χ3n) is 1.80. The van der Waals surface area contributed by atoms with Crippen molar-refractivity contribution in [3.8, 4) is 0 Å². The Morgan fingerprint density at radius 1 is 1.50 bits per heavy atom. The molecule has 0 atom stereocenters. The molecule has 1 aromatic heterocycles. The molecule has 3 nitrogen and oxygen atoms in total. The SMILES string of the molecule is C=C(OCC)c1ccc(CNCC)o1. The standard InChI is InChI=1S/C11H17NO2/c1-4-12-8-10-6-7-11(14-10)9(3)13-5-2/h6-7,12H,3-5,8H2,1-2H3. The highest BCUT2D eigenvalue weighted by Crippen LogP contribution is 2.16. The molecular weight excluding hydrogens is 178 g/mol. The average molecular weight is 195 g/mol. The summed E-state index contributed by atoms with van der Waals surface area (Å²) in [6.45, 7) is 10.0. The maximum atomic E-state index is 5.51. The lowest BCUT2D eigenvalue weighted by molar-refractivity contribution is 0.286. The number of rotatable bonds is 6. The molecule has 0 radical (unpaired) electrons. The molecule has 0 bridgehead atoms. The van der Waals surface area contributed by atoms with Crippen molar-refractivity contribution in [1.29, 1.82) is 0 Å². The first-order chi connectivity index (χ1) is 6.77. The van der Waals surface area contributed by atoms with Crippen LogP contribution in [-0.2, 0) is 11.3 Å². The van der Waals surface area contributed by atoms with E-state index in [2.05, 4.69) is 18.8 Å². The van der Waals surface area contributed by atoms with E-state index < -0.39 is 0 Å². The van der Waals surface area contributed by atoms with Crippen molar-refractivity contribution in [3.05, 3.63) is 30.2 Å². The Bertz CT molecular complexity index is 291. The first-order valence-electron chi connectivity index (χ1n) is 4.89. The van der Waals surface area contributed by atoms with Gasteiger partial charge in [0.15, 0.2) is 11.5 Å². The van der Waals surface area contributed by atoms with Crippen LogP contribution < -0.4 is 5.32 Å². The number of ether oxygens (including phenoxy) is 1. The van der Waals surface area contributed by atoms with Crippen LogP contribution in [0.15, 0.2) is 23.1 Å². The van der Waals surface area contributed by atoms with E-state index in [1.54, 1.807) is 0 Å². The summed E-state index contributed by atoms with van der Waals surface area (Å²) in [5.41, 5.74) is 0. The summed E-state index contributed by atoms with van der Waals surface area (Å²) in [6, 6.07) is 3.81. The van der Waals surface area contributed by atoms with Gasteiger partial charge in [-0.2, -0.15) is 0 Å². The molecule has 0 aromatic carbocycles. The van der Waals surface area contributed by atoms with Gasteiger partial charge in [0.05, 0.1) is 13.2 Å². The Balaban J connectivity index is 2.54. The lowest BCUT2D eigenvalue weighted by Gasteiger charge is -2.02. The second kappa shape index (κ2) is 5.50. The van der Waals surface area contributed by atoms with E-state index in [4.69, 9.17) is 9.15 Å².